The Bertz CT molecular complexity index is 846. The largest absolute Gasteiger partial charge is 0.375 e. The summed E-state index contributed by atoms with van der Waals surface area (Å²) in [6.07, 6.45) is 8.33. The maximum atomic E-state index is 14.2. The molecule has 1 aromatic carbocycles. The summed E-state index contributed by atoms with van der Waals surface area (Å²) < 4.78 is 0.777. The van der Waals surface area contributed by atoms with Gasteiger partial charge >= 0.3 is 0 Å². The fourth-order valence-corrected chi connectivity index (χ4v) is 6.37. The monoisotopic (exact) mass is 441 g/mol. The highest BCUT2D eigenvalue weighted by Crippen LogP contribution is 2.43. The minimum atomic E-state index is -1.42. The summed E-state index contributed by atoms with van der Waals surface area (Å²) in [6.45, 7) is 1.73. The van der Waals surface area contributed by atoms with Gasteiger partial charge in [-0.05, 0) is 42.7 Å². The van der Waals surface area contributed by atoms with Gasteiger partial charge in [0.1, 0.15) is 0 Å². The maximum absolute atomic E-state index is 14.2. The lowest BCUT2D eigenvalue weighted by Crippen LogP contribution is -2.64. The summed E-state index contributed by atoms with van der Waals surface area (Å²) in [4.78, 5) is 17.6. The van der Waals surface area contributed by atoms with Crippen LogP contribution >= 0.6 is 11.3 Å². The number of likely N-dealkylation sites (N-methyl/N-ethyl adjacent to an activating group) is 1. The van der Waals surface area contributed by atoms with E-state index >= 15 is 0 Å². The lowest BCUT2D eigenvalue weighted by molar-refractivity contribution is -0.926. The van der Waals surface area contributed by atoms with Crippen LogP contribution in [-0.2, 0) is 16.8 Å². The zero-order chi connectivity index (χ0) is 21.9. The van der Waals surface area contributed by atoms with Crippen LogP contribution in [0.3, 0.4) is 0 Å². The number of benzene rings is 1. The molecule has 1 aliphatic carbocycles. The second-order valence-corrected chi connectivity index (χ2v) is 11.0. The summed E-state index contributed by atoms with van der Waals surface area (Å²) in [6, 6.07) is 14.0. The normalized spacial score (nSPS) is 22.4. The lowest BCUT2D eigenvalue weighted by atomic mass is 9.78. The number of carbonyl (C=O) groups excluding carboxylic acids is 1. The summed E-state index contributed by atoms with van der Waals surface area (Å²) in [7, 11) is 4.50. The molecule has 0 spiro atoms. The average Bonchev–Trinajstić information content (AvgIpc) is 3.52. The fraction of sp³-hybridized carbons (Fsp3) is 0.577. The van der Waals surface area contributed by atoms with E-state index in [2.05, 4.69) is 31.6 Å². The third kappa shape index (κ3) is 4.59. The molecule has 2 heterocycles. The van der Waals surface area contributed by atoms with Crippen LogP contribution in [0.4, 0.5) is 0 Å². The molecule has 2 unspecified atom stereocenters. The topological polar surface area (TPSA) is 40.5 Å². The number of carbonyl (C=O) groups is 1. The third-order valence-corrected chi connectivity index (χ3v) is 8.48. The number of aliphatic hydroxyl groups is 1. The van der Waals surface area contributed by atoms with Crippen molar-refractivity contribution in [3.05, 3.63) is 58.3 Å². The summed E-state index contributed by atoms with van der Waals surface area (Å²) in [5.41, 5.74) is -0.652. The van der Waals surface area contributed by atoms with Gasteiger partial charge in [0.25, 0.3) is 5.91 Å². The molecule has 2 aromatic rings. The number of likely N-dealkylation sites (tertiary alicyclic amines) is 1. The molecule has 168 valence electrons. The molecule has 2 atom stereocenters. The first-order valence-corrected chi connectivity index (χ1v) is 12.7. The van der Waals surface area contributed by atoms with Crippen LogP contribution in [0.2, 0.25) is 0 Å². The first-order valence-electron chi connectivity index (χ1n) is 11.9. The van der Waals surface area contributed by atoms with E-state index in [1.54, 1.807) is 11.3 Å². The Balaban J connectivity index is 1.61. The second kappa shape index (κ2) is 9.43. The van der Waals surface area contributed by atoms with Crippen molar-refractivity contribution in [2.45, 2.75) is 63.1 Å². The van der Waals surface area contributed by atoms with E-state index in [-0.39, 0.29) is 18.0 Å². The highest BCUT2D eigenvalue weighted by molar-refractivity contribution is 7.09. The van der Waals surface area contributed by atoms with Crippen LogP contribution in [0.15, 0.2) is 47.8 Å². The summed E-state index contributed by atoms with van der Waals surface area (Å²) in [5, 5.41) is 14.2. The highest BCUT2D eigenvalue weighted by atomic mass is 32.1. The van der Waals surface area contributed by atoms with Gasteiger partial charge in [-0.2, -0.15) is 0 Å². The number of amides is 1. The van der Waals surface area contributed by atoms with E-state index in [0.29, 0.717) is 0 Å². The quantitative estimate of drug-likeness (QED) is 0.628. The third-order valence-electron chi connectivity index (χ3n) is 7.54. The van der Waals surface area contributed by atoms with E-state index in [4.69, 9.17) is 0 Å². The van der Waals surface area contributed by atoms with Crippen molar-refractivity contribution in [1.82, 2.24) is 4.90 Å². The van der Waals surface area contributed by atoms with E-state index in [0.717, 1.165) is 74.5 Å². The van der Waals surface area contributed by atoms with Crippen molar-refractivity contribution in [2.24, 2.45) is 5.92 Å². The van der Waals surface area contributed by atoms with Crippen LogP contribution in [0.5, 0.6) is 0 Å². The van der Waals surface area contributed by atoms with E-state index in [1.165, 1.54) is 4.88 Å². The van der Waals surface area contributed by atoms with Crippen molar-refractivity contribution in [3.8, 4) is 0 Å². The van der Waals surface area contributed by atoms with Gasteiger partial charge < -0.3 is 9.59 Å². The molecule has 1 saturated carbocycles. The molecule has 5 heteroatoms. The molecule has 1 aliphatic heterocycles. The van der Waals surface area contributed by atoms with E-state index in [1.807, 2.05) is 35.2 Å². The molecule has 0 radical (unpaired) electrons. The zero-order valence-corrected chi connectivity index (χ0v) is 19.8. The zero-order valence-electron chi connectivity index (χ0n) is 19.0. The Kier molecular flexibility index (Phi) is 6.85. The van der Waals surface area contributed by atoms with Crippen LogP contribution < -0.4 is 0 Å². The van der Waals surface area contributed by atoms with E-state index in [9.17, 15) is 9.90 Å². The predicted octanol–water partition coefficient (Wildman–Crippen LogP) is 4.78. The number of thiophene rings is 1. The van der Waals surface area contributed by atoms with Gasteiger partial charge in [0.05, 0.1) is 20.6 Å². The van der Waals surface area contributed by atoms with Gasteiger partial charge in [0.2, 0.25) is 0 Å². The minimum Gasteiger partial charge on any atom is -0.375 e. The average molecular weight is 442 g/mol. The van der Waals surface area contributed by atoms with Gasteiger partial charge in [-0.3, -0.25) is 9.69 Å². The number of nitrogens with zero attached hydrogens (tertiary/aromatic N) is 2. The molecule has 4 nitrogen and oxygen atoms in total. The Hall–Kier alpha value is -1.69. The molecule has 1 aromatic heterocycles. The summed E-state index contributed by atoms with van der Waals surface area (Å²) in [5.74, 6) is -0.0654. The van der Waals surface area contributed by atoms with Crippen LogP contribution in [-0.4, -0.2) is 53.7 Å². The molecule has 1 amide bonds. The number of quaternary nitrogens is 1. The minimum absolute atomic E-state index is 0.00621. The van der Waals surface area contributed by atoms with Gasteiger partial charge in [-0.1, -0.05) is 49.2 Å². The number of rotatable bonds is 7. The first kappa shape index (κ1) is 22.5. The molecule has 0 bridgehead atoms. The number of hydrogen-bond donors (Lipinski definition) is 1. The van der Waals surface area contributed by atoms with Crippen molar-refractivity contribution in [1.29, 1.82) is 0 Å². The molecule has 31 heavy (non-hydrogen) atoms. The lowest BCUT2D eigenvalue weighted by Gasteiger charge is -2.49. The molecule has 1 N–H and O–H groups in total. The predicted molar refractivity (Wildman–Crippen MR) is 127 cm³/mol. The fourth-order valence-electron chi connectivity index (χ4n) is 5.67. The molecule has 2 fully saturated rings. The summed E-state index contributed by atoms with van der Waals surface area (Å²) >= 11 is 1.81. The molecule has 1 saturated heterocycles. The van der Waals surface area contributed by atoms with Crippen molar-refractivity contribution in [2.75, 3.05) is 27.2 Å². The first-order chi connectivity index (χ1) is 14.9. The van der Waals surface area contributed by atoms with Crippen LogP contribution in [0, 0.1) is 5.92 Å². The molecular formula is C26H37N2O2S+. The highest BCUT2D eigenvalue weighted by Gasteiger charge is 2.51. The van der Waals surface area contributed by atoms with Crippen LogP contribution in [0.25, 0.3) is 0 Å². The van der Waals surface area contributed by atoms with Crippen molar-refractivity contribution < 1.29 is 14.4 Å². The SMILES string of the molecule is C[N+](C)(CCc1cccs1)C1CCCCN1C(=O)C(O)(c1ccccc1)C1CCCC1. The number of piperidine rings is 1. The second-order valence-electron chi connectivity index (χ2n) is 9.92. The van der Waals surface area contributed by atoms with Gasteiger partial charge in [0.15, 0.2) is 11.8 Å². The van der Waals surface area contributed by atoms with E-state index < -0.39 is 5.60 Å². The Morgan fingerprint density at radius 3 is 2.45 bits per heavy atom. The number of hydrogen-bond acceptors (Lipinski definition) is 3. The van der Waals surface area contributed by atoms with Gasteiger partial charge in [-0.25, -0.2) is 0 Å². The Labute approximate surface area is 191 Å². The van der Waals surface area contributed by atoms with Gasteiger partial charge in [-0.15, -0.1) is 11.3 Å². The Morgan fingerprint density at radius 1 is 1.06 bits per heavy atom. The van der Waals surface area contributed by atoms with Crippen molar-refractivity contribution in [3.63, 3.8) is 0 Å². The Morgan fingerprint density at radius 2 is 1.77 bits per heavy atom. The standard InChI is InChI=1S/C26H37N2O2S/c1-28(2,19-17-23-15-10-20-31-23)24-16-8-9-18-27(24)25(29)26(30,22-13-6-7-14-22)21-11-4-3-5-12-21/h3-5,10-12,15,20,22,24,30H,6-9,13-14,16-19H2,1-2H3/q+1. The van der Waals surface area contributed by atoms with Crippen LogP contribution in [0.1, 0.15) is 55.4 Å². The maximum Gasteiger partial charge on any atom is 0.263 e. The van der Waals surface area contributed by atoms with Crippen molar-refractivity contribution >= 4 is 17.2 Å². The molecule has 4 rings (SSSR count). The molecule has 2 aliphatic rings. The van der Waals surface area contributed by atoms with Gasteiger partial charge in [0, 0.05) is 30.2 Å². The smallest absolute Gasteiger partial charge is 0.263 e. The molecular weight excluding hydrogens is 404 g/mol.